The lowest BCUT2D eigenvalue weighted by Gasteiger charge is -2.31. The second kappa shape index (κ2) is 16.9. The lowest BCUT2D eigenvalue weighted by Crippen LogP contribution is -2.31. The maximum atomic E-state index is 12.4. The molecule has 0 unspecified atom stereocenters. The molecule has 1 heterocycles. The summed E-state index contributed by atoms with van der Waals surface area (Å²) < 4.78 is 5.93. The van der Waals surface area contributed by atoms with E-state index in [2.05, 4.69) is 12.2 Å². The molecular weight excluding hydrogens is 492 g/mol. The first kappa shape index (κ1) is 32.3. The monoisotopic (exact) mass is 542 g/mol. The average molecular weight is 543 g/mol. The van der Waals surface area contributed by atoms with Crippen LogP contribution >= 0.6 is 0 Å². The van der Waals surface area contributed by atoms with Gasteiger partial charge in [0.2, 0.25) is 0 Å². The molecule has 0 amide bonds. The summed E-state index contributed by atoms with van der Waals surface area (Å²) in [6.07, 6.45) is 17.1. The number of allylic oxidation sites excluding steroid dienone is 2. The van der Waals surface area contributed by atoms with Crippen LogP contribution in [0.1, 0.15) is 128 Å². The molecule has 0 spiro atoms. The van der Waals surface area contributed by atoms with Gasteiger partial charge in [-0.25, -0.2) is 9.59 Å². The summed E-state index contributed by atoms with van der Waals surface area (Å²) in [4.78, 5) is 24.8. The van der Waals surface area contributed by atoms with Gasteiger partial charge in [-0.2, -0.15) is 0 Å². The Morgan fingerprint density at radius 1 is 0.795 bits per heavy atom. The van der Waals surface area contributed by atoms with E-state index in [0.717, 1.165) is 24.8 Å². The minimum absolute atomic E-state index is 0.0103. The Hall–Kier alpha value is -2.96. The first-order valence-corrected chi connectivity index (χ1v) is 14.9. The molecule has 7 nitrogen and oxygen atoms in total. The Morgan fingerprint density at radius 3 is 1.69 bits per heavy atom. The van der Waals surface area contributed by atoms with Gasteiger partial charge in [-0.15, -0.1) is 0 Å². The summed E-state index contributed by atoms with van der Waals surface area (Å²) in [6, 6.07) is 3.68. The van der Waals surface area contributed by atoms with Crippen molar-refractivity contribution in [3.05, 3.63) is 45.8 Å². The molecule has 2 rings (SSSR count). The first-order chi connectivity index (χ1) is 18.7. The van der Waals surface area contributed by atoms with Crippen molar-refractivity contribution in [1.29, 1.82) is 0 Å². The second-order valence-corrected chi connectivity index (χ2v) is 10.7. The molecule has 5 N–H and O–H groups in total. The number of nitrogen functional groups attached to an aromatic ring is 1. The molecule has 0 fully saturated rings. The normalized spacial score (nSPS) is 14.1. The first-order valence-electron chi connectivity index (χ1n) is 14.9. The summed E-state index contributed by atoms with van der Waals surface area (Å²) >= 11 is 0. The van der Waals surface area contributed by atoms with Crippen molar-refractivity contribution in [2.24, 2.45) is 0 Å². The van der Waals surface area contributed by atoms with E-state index < -0.39 is 17.9 Å². The van der Waals surface area contributed by atoms with E-state index in [1.165, 1.54) is 64.2 Å². The van der Waals surface area contributed by atoms with Crippen LogP contribution in [0.4, 0.5) is 5.69 Å². The van der Waals surface area contributed by atoms with Gasteiger partial charge < -0.3 is 26.0 Å². The molecule has 0 bridgehead atoms. The highest BCUT2D eigenvalue weighted by Gasteiger charge is 2.39. The van der Waals surface area contributed by atoms with Gasteiger partial charge in [0, 0.05) is 17.0 Å². The van der Waals surface area contributed by atoms with Crippen LogP contribution in [0.2, 0.25) is 0 Å². The number of carboxylic acids is 2. The molecule has 0 aliphatic carbocycles. The third kappa shape index (κ3) is 9.33. The molecule has 0 saturated heterocycles. The van der Waals surface area contributed by atoms with Crippen LogP contribution in [0.15, 0.2) is 34.7 Å². The number of nitrogens with two attached hydrogens (primary N) is 1. The molecule has 0 radical (unpaired) electrons. The number of dihydropyridines is 1. The molecule has 1 aliphatic heterocycles. The fourth-order valence-corrected chi connectivity index (χ4v) is 5.68. The number of aryl methyl sites for hydroxylation is 1. The molecule has 1 aliphatic rings. The van der Waals surface area contributed by atoms with Crippen molar-refractivity contribution in [3.8, 4) is 5.75 Å². The maximum absolute atomic E-state index is 12.4. The lowest BCUT2D eigenvalue weighted by molar-refractivity contribution is -0.133. The molecule has 0 aromatic heterocycles. The van der Waals surface area contributed by atoms with Crippen LogP contribution in [-0.2, 0) is 16.0 Å². The van der Waals surface area contributed by atoms with E-state index in [1.807, 2.05) is 13.0 Å². The number of unbranched alkanes of at least 4 members (excludes halogenated alkanes) is 12. The molecule has 1 aromatic carbocycles. The summed E-state index contributed by atoms with van der Waals surface area (Å²) in [5.74, 6) is -2.92. The number of anilines is 1. The molecule has 0 saturated carbocycles. The van der Waals surface area contributed by atoms with Crippen LogP contribution in [0.3, 0.4) is 0 Å². The molecular formula is C32H50N2O5. The van der Waals surface area contributed by atoms with Gasteiger partial charge in [-0.1, -0.05) is 90.0 Å². The van der Waals surface area contributed by atoms with Crippen LogP contribution in [-0.4, -0.2) is 28.8 Å². The van der Waals surface area contributed by atoms with E-state index in [1.54, 1.807) is 19.9 Å². The Labute approximate surface area is 234 Å². The van der Waals surface area contributed by atoms with Gasteiger partial charge in [-0.05, 0) is 45.2 Å². The fourth-order valence-electron chi connectivity index (χ4n) is 5.68. The zero-order chi connectivity index (χ0) is 28.8. The average Bonchev–Trinajstić information content (AvgIpc) is 2.87. The predicted octanol–water partition coefficient (Wildman–Crippen LogP) is 7.71. The zero-order valence-corrected chi connectivity index (χ0v) is 24.5. The molecule has 1 aromatic rings. The lowest BCUT2D eigenvalue weighted by atomic mass is 9.77. The number of ether oxygens (including phenoxy) is 1. The largest absolute Gasteiger partial charge is 0.491 e. The molecule has 0 atom stereocenters. The van der Waals surface area contributed by atoms with Crippen molar-refractivity contribution in [2.75, 3.05) is 12.3 Å². The minimum Gasteiger partial charge on any atom is -0.491 e. The third-order valence-corrected chi connectivity index (χ3v) is 7.67. The summed E-state index contributed by atoms with van der Waals surface area (Å²) in [7, 11) is 0. The van der Waals surface area contributed by atoms with Gasteiger partial charge in [0.1, 0.15) is 5.75 Å². The van der Waals surface area contributed by atoms with Gasteiger partial charge >= 0.3 is 11.9 Å². The standard InChI is InChI=1S/C32H50N2O5/c1-5-7-8-9-10-11-12-13-14-15-16-17-18-19-24-20-21-25(33)30(39-6-2)28(24)29-26(31(35)36)22(3)34-23(4)27(29)32(37)38/h20-21,29,34H,5-19,33H2,1-4H3,(H,35,36)(H,37,38). The number of hydrogen-bond acceptors (Lipinski definition) is 5. The van der Waals surface area contributed by atoms with Gasteiger partial charge in [-0.3, -0.25) is 0 Å². The fraction of sp³-hybridized carbons (Fsp3) is 0.625. The zero-order valence-electron chi connectivity index (χ0n) is 24.5. The Balaban J connectivity index is 2.11. The van der Waals surface area contributed by atoms with Gasteiger partial charge in [0.25, 0.3) is 0 Å². The maximum Gasteiger partial charge on any atom is 0.334 e. The number of carboxylic acid groups (broad SMARTS) is 2. The summed E-state index contributed by atoms with van der Waals surface area (Å²) in [5.41, 5.74) is 9.00. The van der Waals surface area contributed by atoms with E-state index >= 15 is 0 Å². The van der Waals surface area contributed by atoms with Crippen molar-refractivity contribution >= 4 is 17.6 Å². The topological polar surface area (TPSA) is 122 Å². The molecule has 7 heteroatoms. The SMILES string of the molecule is CCCCCCCCCCCCCCCc1ccc(N)c(OCC)c1C1C(C(=O)O)=C(C)NC(C)=C1C(=O)O. The Morgan fingerprint density at radius 2 is 1.26 bits per heavy atom. The Bertz CT molecular complexity index is 992. The summed E-state index contributed by atoms with van der Waals surface area (Å²) in [6.45, 7) is 7.75. The van der Waals surface area contributed by atoms with E-state index in [4.69, 9.17) is 10.5 Å². The molecule has 218 valence electrons. The Kier molecular flexibility index (Phi) is 14.0. The van der Waals surface area contributed by atoms with E-state index in [0.29, 0.717) is 41.4 Å². The highest BCUT2D eigenvalue weighted by molar-refractivity contribution is 5.99. The minimum atomic E-state index is -1.16. The number of carbonyl (C=O) groups is 2. The third-order valence-electron chi connectivity index (χ3n) is 7.67. The number of benzene rings is 1. The van der Waals surface area contributed by atoms with E-state index in [9.17, 15) is 19.8 Å². The van der Waals surface area contributed by atoms with Crippen LogP contribution < -0.4 is 15.8 Å². The van der Waals surface area contributed by atoms with Crippen LogP contribution in [0.5, 0.6) is 5.75 Å². The number of nitrogens with one attached hydrogen (secondary N) is 1. The quantitative estimate of drug-likeness (QED) is 0.104. The molecule has 39 heavy (non-hydrogen) atoms. The second-order valence-electron chi connectivity index (χ2n) is 10.7. The number of rotatable bonds is 19. The van der Waals surface area contributed by atoms with Gasteiger partial charge in [0.15, 0.2) is 0 Å². The van der Waals surface area contributed by atoms with Crippen molar-refractivity contribution in [2.45, 2.75) is 124 Å². The number of hydrogen-bond donors (Lipinski definition) is 4. The van der Waals surface area contributed by atoms with Crippen molar-refractivity contribution in [1.82, 2.24) is 5.32 Å². The predicted molar refractivity (Wildman–Crippen MR) is 158 cm³/mol. The highest BCUT2D eigenvalue weighted by Crippen LogP contribution is 2.46. The van der Waals surface area contributed by atoms with Gasteiger partial charge in [0.05, 0.1) is 29.4 Å². The van der Waals surface area contributed by atoms with E-state index in [-0.39, 0.29) is 11.1 Å². The van der Waals surface area contributed by atoms with Crippen molar-refractivity contribution in [3.63, 3.8) is 0 Å². The highest BCUT2D eigenvalue weighted by atomic mass is 16.5. The van der Waals surface area contributed by atoms with Crippen LogP contribution in [0.25, 0.3) is 0 Å². The van der Waals surface area contributed by atoms with Crippen LogP contribution in [0, 0.1) is 0 Å². The smallest absolute Gasteiger partial charge is 0.334 e. The number of aliphatic carboxylic acids is 2. The summed E-state index contributed by atoms with van der Waals surface area (Å²) in [5, 5.41) is 23.2. The van der Waals surface area contributed by atoms with Crippen molar-refractivity contribution < 1.29 is 24.5 Å².